The topological polar surface area (TPSA) is 39.7 Å². The van der Waals surface area contributed by atoms with E-state index in [0.29, 0.717) is 6.61 Å². The zero-order chi connectivity index (χ0) is 15.0. The third-order valence-corrected chi connectivity index (χ3v) is 2.80. The minimum atomic E-state index is 0.220. The molecule has 0 saturated heterocycles. The lowest BCUT2D eigenvalue weighted by Crippen LogP contribution is -2.12. The Morgan fingerprint density at radius 3 is 2.70 bits per heavy atom. The maximum Gasteiger partial charge on any atom is 0.127 e. The third-order valence-electron chi connectivity index (χ3n) is 2.80. The van der Waals surface area contributed by atoms with Crippen molar-refractivity contribution in [3.05, 3.63) is 35.7 Å². The molecule has 1 aromatic rings. The van der Waals surface area contributed by atoms with Crippen LogP contribution in [0.3, 0.4) is 0 Å². The van der Waals surface area contributed by atoms with E-state index in [1.165, 1.54) is 0 Å². The van der Waals surface area contributed by atoms with Gasteiger partial charge in [-0.15, -0.1) is 0 Å². The number of hydrogen-bond acceptors (Lipinski definition) is 4. The van der Waals surface area contributed by atoms with Gasteiger partial charge in [0, 0.05) is 0 Å². The first-order chi connectivity index (χ1) is 9.56. The van der Waals surface area contributed by atoms with E-state index in [9.17, 15) is 0 Å². The predicted octanol–water partition coefficient (Wildman–Crippen LogP) is 3.95. The Balaban J connectivity index is 2.63. The van der Waals surface area contributed by atoms with Crippen molar-refractivity contribution in [2.24, 2.45) is 0 Å². The number of rotatable bonds is 8. The van der Waals surface area contributed by atoms with Gasteiger partial charge in [0.25, 0.3) is 0 Å². The van der Waals surface area contributed by atoms with Crippen LogP contribution >= 0.6 is 0 Å². The molecule has 0 bridgehead atoms. The van der Waals surface area contributed by atoms with Crippen LogP contribution in [0.15, 0.2) is 30.2 Å². The molecule has 0 heterocycles. The average Bonchev–Trinajstić information content (AvgIpc) is 2.45. The van der Waals surface area contributed by atoms with Gasteiger partial charge in [0.05, 0.1) is 18.4 Å². The predicted molar refractivity (Wildman–Crippen MR) is 80.7 cm³/mol. The molecule has 1 N–H and O–H groups in total. The fraction of sp³-hybridized carbons (Fsp3) is 0.500. The summed E-state index contributed by atoms with van der Waals surface area (Å²) in [6.45, 7) is 10.6. The largest absolute Gasteiger partial charge is 0.490 e. The highest BCUT2D eigenvalue weighted by Crippen LogP contribution is 2.25. The minimum Gasteiger partial charge on any atom is -0.490 e. The molecule has 0 radical (unpaired) electrons. The van der Waals surface area contributed by atoms with E-state index in [1.807, 2.05) is 39.0 Å². The van der Waals surface area contributed by atoms with Crippen molar-refractivity contribution in [1.29, 1.82) is 0 Å². The molecule has 0 fully saturated rings. The van der Waals surface area contributed by atoms with Gasteiger partial charge < -0.3 is 9.47 Å². The number of ether oxygens (including phenoxy) is 2. The van der Waals surface area contributed by atoms with E-state index in [-0.39, 0.29) is 6.10 Å². The molecule has 0 saturated carbocycles. The Hall–Kier alpha value is -1.68. The van der Waals surface area contributed by atoms with E-state index in [0.717, 1.165) is 29.2 Å². The zero-order valence-electron chi connectivity index (χ0n) is 13.0. The first kappa shape index (κ1) is 16.4. The van der Waals surface area contributed by atoms with Gasteiger partial charge in [0.1, 0.15) is 17.8 Å². The molecular weight excluding hydrogens is 254 g/mol. The van der Waals surface area contributed by atoms with Crippen molar-refractivity contribution in [2.75, 3.05) is 6.61 Å². The summed E-state index contributed by atoms with van der Waals surface area (Å²) >= 11 is 0. The van der Waals surface area contributed by atoms with Gasteiger partial charge in [-0.25, -0.2) is 0 Å². The zero-order valence-corrected chi connectivity index (χ0v) is 13.0. The smallest absolute Gasteiger partial charge is 0.127 e. The molecule has 4 heteroatoms. The summed E-state index contributed by atoms with van der Waals surface area (Å²) in [7, 11) is 0. The van der Waals surface area contributed by atoms with Crippen molar-refractivity contribution in [2.45, 2.75) is 47.1 Å². The maximum absolute atomic E-state index is 5.82. The van der Waals surface area contributed by atoms with E-state index in [2.05, 4.69) is 19.3 Å². The van der Waals surface area contributed by atoms with Gasteiger partial charge >= 0.3 is 0 Å². The lowest BCUT2D eigenvalue weighted by Gasteiger charge is -2.15. The SMILES string of the molecule is CCONC(C)=COc1ccc(OC(C)CC)c(C)c1. The Morgan fingerprint density at radius 2 is 2.10 bits per heavy atom. The van der Waals surface area contributed by atoms with Crippen molar-refractivity contribution in [3.8, 4) is 11.5 Å². The summed E-state index contributed by atoms with van der Waals surface area (Å²) in [6.07, 6.45) is 2.83. The molecule has 0 amide bonds. The second-order valence-corrected chi connectivity index (χ2v) is 4.72. The Kier molecular flexibility index (Phi) is 6.94. The fourth-order valence-electron chi connectivity index (χ4n) is 1.49. The molecule has 0 aliphatic rings. The molecule has 4 nitrogen and oxygen atoms in total. The molecule has 1 aromatic carbocycles. The van der Waals surface area contributed by atoms with Crippen LogP contribution in [0.1, 0.15) is 39.7 Å². The number of hydroxylamine groups is 1. The van der Waals surface area contributed by atoms with Gasteiger partial charge in [0.2, 0.25) is 0 Å². The first-order valence-corrected chi connectivity index (χ1v) is 7.05. The molecule has 1 atom stereocenters. The first-order valence-electron chi connectivity index (χ1n) is 7.05. The lowest BCUT2D eigenvalue weighted by molar-refractivity contribution is 0.0720. The maximum atomic E-state index is 5.82. The molecule has 20 heavy (non-hydrogen) atoms. The van der Waals surface area contributed by atoms with Crippen LogP contribution in [0.2, 0.25) is 0 Å². The molecule has 0 aromatic heterocycles. The van der Waals surface area contributed by atoms with Crippen LogP contribution < -0.4 is 15.0 Å². The Morgan fingerprint density at radius 1 is 1.35 bits per heavy atom. The quantitative estimate of drug-likeness (QED) is 0.577. The van der Waals surface area contributed by atoms with E-state index >= 15 is 0 Å². The number of aryl methyl sites for hydroxylation is 1. The van der Waals surface area contributed by atoms with Crippen LogP contribution in [0.5, 0.6) is 11.5 Å². The standard InChI is InChI=1S/C16H25NO3/c1-6-14(5)20-16-9-8-15(10-12(16)3)18-11-13(4)17-19-7-2/h8-11,14,17H,6-7H2,1-5H3. The molecule has 0 spiro atoms. The van der Waals surface area contributed by atoms with Crippen molar-refractivity contribution in [1.82, 2.24) is 5.48 Å². The van der Waals surface area contributed by atoms with Crippen LogP contribution in [-0.4, -0.2) is 12.7 Å². The molecule has 112 valence electrons. The number of hydrogen-bond donors (Lipinski definition) is 1. The van der Waals surface area contributed by atoms with Gasteiger partial charge in [-0.3, -0.25) is 10.3 Å². The summed E-state index contributed by atoms with van der Waals surface area (Å²) in [5.74, 6) is 1.68. The number of nitrogens with one attached hydrogen (secondary N) is 1. The summed E-state index contributed by atoms with van der Waals surface area (Å²) in [4.78, 5) is 5.06. The summed E-state index contributed by atoms with van der Waals surface area (Å²) in [5.41, 5.74) is 4.64. The second kappa shape index (κ2) is 8.48. The molecule has 1 unspecified atom stereocenters. The van der Waals surface area contributed by atoms with Crippen molar-refractivity contribution >= 4 is 0 Å². The van der Waals surface area contributed by atoms with E-state index in [1.54, 1.807) is 6.26 Å². The normalized spacial score (nSPS) is 12.9. The molecule has 1 rings (SSSR count). The highest BCUT2D eigenvalue weighted by molar-refractivity contribution is 5.39. The number of benzene rings is 1. The van der Waals surface area contributed by atoms with Crippen molar-refractivity contribution in [3.63, 3.8) is 0 Å². The Bertz CT molecular complexity index is 443. The van der Waals surface area contributed by atoms with Crippen molar-refractivity contribution < 1.29 is 14.3 Å². The fourth-order valence-corrected chi connectivity index (χ4v) is 1.49. The Labute approximate surface area is 121 Å². The molecular formula is C16H25NO3. The van der Waals surface area contributed by atoms with Crippen LogP contribution in [-0.2, 0) is 4.84 Å². The van der Waals surface area contributed by atoms with E-state index in [4.69, 9.17) is 14.3 Å². The molecule has 0 aliphatic heterocycles. The average molecular weight is 279 g/mol. The van der Waals surface area contributed by atoms with Crippen LogP contribution in [0, 0.1) is 6.92 Å². The summed E-state index contributed by atoms with van der Waals surface area (Å²) < 4.78 is 11.4. The highest BCUT2D eigenvalue weighted by atomic mass is 16.6. The highest BCUT2D eigenvalue weighted by Gasteiger charge is 2.05. The van der Waals surface area contributed by atoms with Gasteiger partial charge in [-0.2, -0.15) is 0 Å². The monoisotopic (exact) mass is 279 g/mol. The van der Waals surface area contributed by atoms with Crippen LogP contribution in [0.25, 0.3) is 0 Å². The lowest BCUT2D eigenvalue weighted by atomic mass is 10.2. The van der Waals surface area contributed by atoms with Gasteiger partial charge in [0.15, 0.2) is 0 Å². The van der Waals surface area contributed by atoms with Crippen LogP contribution in [0.4, 0.5) is 0 Å². The number of allylic oxidation sites excluding steroid dienone is 1. The van der Waals surface area contributed by atoms with Gasteiger partial charge in [-0.1, -0.05) is 6.92 Å². The summed E-state index contributed by atoms with van der Waals surface area (Å²) in [5, 5.41) is 0. The molecule has 0 aliphatic carbocycles. The third kappa shape index (κ3) is 5.53. The second-order valence-electron chi connectivity index (χ2n) is 4.72. The van der Waals surface area contributed by atoms with E-state index < -0.39 is 0 Å². The minimum absolute atomic E-state index is 0.220. The van der Waals surface area contributed by atoms with Gasteiger partial charge in [-0.05, 0) is 57.9 Å². The summed E-state index contributed by atoms with van der Waals surface area (Å²) in [6, 6.07) is 5.80.